The first-order chi connectivity index (χ1) is 13.3. The van der Waals surface area contributed by atoms with Crippen molar-refractivity contribution in [1.82, 2.24) is 0 Å². The van der Waals surface area contributed by atoms with Crippen molar-refractivity contribution >= 4 is 23.3 Å². The standard InChI is InChI=1S/C19H20N2O7/c1-12(28-18(22)10-13-4-7-15(26-2)8-5-13)19(23)20-16-9-6-14(21(24)25)11-17(16)27-3/h4-9,11-12H,10H2,1-3H3,(H,20,23)/t12-/m1/s1. The first-order valence-electron chi connectivity index (χ1n) is 8.29. The molecule has 0 aliphatic heterocycles. The number of ether oxygens (including phenoxy) is 3. The van der Waals surface area contributed by atoms with Crippen LogP contribution in [-0.4, -0.2) is 37.1 Å². The van der Waals surface area contributed by atoms with E-state index in [2.05, 4.69) is 5.32 Å². The molecule has 1 N–H and O–H groups in total. The minimum absolute atomic E-state index is 0.00245. The van der Waals surface area contributed by atoms with Crippen LogP contribution in [0.4, 0.5) is 11.4 Å². The summed E-state index contributed by atoms with van der Waals surface area (Å²) < 4.78 is 15.3. The van der Waals surface area contributed by atoms with Gasteiger partial charge >= 0.3 is 5.97 Å². The zero-order valence-electron chi connectivity index (χ0n) is 15.6. The molecule has 28 heavy (non-hydrogen) atoms. The van der Waals surface area contributed by atoms with Crippen molar-refractivity contribution in [3.63, 3.8) is 0 Å². The van der Waals surface area contributed by atoms with Crippen molar-refractivity contribution in [1.29, 1.82) is 0 Å². The molecule has 0 bridgehead atoms. The third kappa shape index (κ3) is 5.44. The van der Waals surface area contributed by atoms with Gasteiger partial charge in [0.15, 0.2) is 6.10 Å². The lowest BCUT2D eigenvalue weighted by Gasteiger charge is -2.15. The summed E-state index contributed by atoms with van der Waals surface area (Å²) in [7, 11) is 2.87. The summed E-state index contributed by atoms with van der Waals surface area (Å²) in [5, 5.41) is 13.3. The number of hydrogen-bond acceptors (Lipinski definition) is 7. The van der Waals surface area contributed by atoms with Crippen LogP contribution in [0.3, 0.4) is 0 Å². The number of nitro benzene ring substituents is 1. The van der Waals surface area contributed by atoms with Gasteiger partial charge in [-0.15, -0.1) is 0 Å². The molecule has 0 saturated heterocycles. The summed E-state index contributed by atoms with van der Waals surface area (Å²) >= 11 is 0. The quantitative estimate of drug-likeness (QED) is 0.420. The minimum Gasteiger partial charge on any atom is -0.497 e. The molecule has 0 spiro atoms. The third-order valence-corrected chi connectivity index (χ3v) is 3.84. The second-order valence-electron chi connectivity index (χ2n) is 5.79. The molecule has 0 saturated carbocycles. The Morgan fingerprint density at radius 2 is 1.79 bits per heavy atom. The highest BCUT2D eigenvalue weighted by atomic mass is 16.6. The van der Waals surface area contributed by atoms with Gasteiger partial charge in [0.25, 0.3) is 11.6 Å². The molecular formula is C19H20N2O7. The third-order valence-electron chi connectivity index (χ3n) is 3.84. The number of hydrogen-bond donors (Lipinski definition) is 1. The fraction of sp³-hybridized carbons (Fsp3) is 0.263. The molecule has 148 valence electrons. The summed E-state index contributed by atoms with van der Waals surface area (Å²) in [6.45, 7) is 1.43. The number of anilines is 1. The van der Waals surface area contributed by atoms with E-state index in [0.717, 1.165) is 5.56 Å². The monoisotopic (exact) mass is 388 g/mol. The molecular weight excluding hydrogens is 368 g/mol. The Kier molecular flexibility index (Phi) is 6.91. The zero-order chi connectivity index (χ0) is 20.7. The van der Waals surface area contributed by atoms with Crippen molar-refractivity contribution in [2.45, 2.75) is 19.4 Å². The molecule has 0 heterocycles. The Bertz CT molecular complexity index is 865. The van der Waals surface area contributed by atoms with Gasteiger partial charge in [0, 0.05) is 6.07 Å². The maximum atomic E-state index is 12.3. The van der Waals surface area contributed by atoms with Gasteiger partial charge in [-0.05, 0) is 30.7 Å². The van der Waals surface area contributed by atoms with Crippen LogP contribution in [0.25, 0.3) is 0 Å². The van der Waals surface area contributed by atoms with Crippen LogP contribution in [0.2, 0.25) is 0 Å². The lowest BCUT2D eigenvalue weighted by molar-refractivity contribution is -0.384. The van der Waals surface area contributed by atoms with Gasteiger partial charge in [-0.1, -0.05) is 12.1 Å². The van der Waals surface area contributed by atoms with Gasteiger partial charge in [0.1, 0.15) is 11.5 Å². The molecule has 1 atom stereocenters. The molecule has 2 aromatic carbocycles. The molecule has 0 radical (unpaired) electrons. The van der Waals surface area contributed by atoms with E-state index in [1.165, 1.54) is 32.2 Å². The Labute approximate surface area is 161 Å². The molecule has 2 rings (SSSR count). The van der Waals surface area contributed by atoms with E-state index in [-0.39, 0.29) is 23.5 Å². The topological polar surface area (TPSA) is 117 Å². The van der Waals surface area contributed by atoms with Crippen molar-refractivity contribution in [2.24, 2.45) is 0 Å². The molecule has 1 amide bonds. The number of carbonyl (C=O) groups excluding carboxylic acids is 2. The molecule has 0 fully saturated rings. The number of amides is 1. The maximum absolute atomic E-state index is 12.3. The lowest BCUT2D eigenvalue weighted by atomic mass is 10.1. The first kappa shape index (κ1) is 20.7. The van der Waals surface area contributed by atoms with Crippen molar-refractivity contribution in [2.75, 3.05) is 19.5 Å². The van der Waals surface area contributed by atoms with E-state index >= 15 is 0 Å². The second-order valence-corrected chi connectivity index (χ2v) is 5.79. The average Bonchev–Trinajstić information content (AvgIpc) is 2.68. The van der Waals surface area contributed by atoms with Gasteiger partial charge in [0.05, 0.1) is 37.3 Å². The summed E-state index contributed by atoms with van der Waals surface area (Å²) in [5.41, 5.74) is 0.778. The van der Waals surface area contributed by atoms with Crippen LogP contribution in [-0.2, 0) is 20.7 Å². The number of rotatable bonds is 8. The number of non-ortho nitro benzene ring substituents is 1. The van der Waals surface area contributed by atoms with Gasteiger partial charge in [-0.2, -0.15) is 0 Å². The molecule has 0 aliphatic carbocycles. The van der Waals surface area contributed by atoms with Crippen LogP contribution in [0.15, 0.2) is 42.5 Å². The predicted molar refractivity (Wildman–Crippen MR) is 101 cm³/mol. The Morgan fingerprint density at radius 1 is 1.11 bits per heavy atom. The molecule has 0 aromatic heterocycles. The van der Waals surface area contributed by atoms with E-state index in [4.69, 9.17) is 14.2 Å². The fourth-order valence-corrected chi connectivity index (χ4v) is 2.33. The van der Waals surface area contributed by atoms with Crippen molar-refractivity contribution < 1.29 is 28.7 Å². The van der Waals surface area contributed by atoms with Crippen LogP contribution in [0.1, 0.15) is 12.5 Å². The molecule has 0 unspecified atom stereocenters. The largest absolute Gasteiger partial charge is 0.497 e. The number of nitrogens with one attached hydrogen (secondary N) is 1. The number of benzene rings is 2. The molecule has 9 heteroatoms. The highest BCUT2D eigenvalue weighted by molar-refractivity contribution is 5.96. The smallest absolute Gasteiger partial charge is 0.311 e. The SMILES string of the molecule is COc1ccc(CC(=O)O[C@H](C)C(=O)Nc2ccc([N+](=O)[O-])cc2OC)cc1. The lowest BCUT2D eigenvalue weighted by Crippen LogP contribution is -2.30. The first-order valence-corrected chi connectivity index (χ1v) is 8.29. The predicted octanol–water partition coefficient (Wildman–Crippen LogP) is 2.72. The zero-order valence-corrected chi connectivity index (χ0v) is 15.6. The number of nitro groups is 1. The normalized spacial score (nSPS) is 11.2. The summed E-state index contributed by atoms with van der Waals surface area (Å²) in [4.78, 5) is 34.6. The van der Waals surface area contributed by atoms with E-state index < -0.39 is 22.9 Å². The average molecular weight is 388 g/mol. The van der Waals surface area contributed by atoms with E-state index in [1.807, 2.05) is 0 Å². The number of methoxy groups -OCH3 is 2. The van der Waals surface area contributed by atoms with Crippen molar-refractivity contribution in [3.05, 3.63) is 58.1 Å². The van der Waals surface area contributed by atoms with E-state index in [9.17, 15) is 19.7 Å². The number of nitrogens with zero attached hydrogens (tertiary/aromatic N) is 1. The summed E-state index contributed by atoms with van der Waals surface area (Å²) in [6, 6.07) is 10.7. The van der Waals surface area contributed by atoms with Crippen LogP contribution >= 0.6 is 0 Å². The van der Waals surface area contributed by atoms with E-state index in [1.54, 1.807) is 31.4 Å². The minimum atomic E-state index is -1.06. The number of esters is 1. The summed E-state index contributed by atoms with van der Waals surface area (Å²) in [5.74, 6) is -0.361. The number of carbonyl (C=O) groups is 2. The van der Waals surface area contributed by atoms with Crippen molar-refractivity contribution in [3.8, 4) is 11.5 Å². The highest BCUT2D eigenvalue weighted by Gasteiger charge is 2.20. The molecule has 0 aliphatic rings. The Morgan fingerprint density at radius 3 is 2.36 bits per heavy atom. The fourth-order valence-electron chi connectivity index (χ4n) is 2.33. The van der Waals surface area contributed by atoms with Gasteiger partial charge in [-0.25, -0.2) is 0 Å². The molecule has 9 nitrogen and oxygen atoms in total. The van der Waals surface area contributed by atoms with Gasteiger partial charge in [0.2, 0.25) is 0 Å². The Balaban J connectivity index is 1.96. The van der Waals surface area contributed by atoms with Crippen LogP contribution in [0.5, 0.6) is 11.5 Å². The maximum Gasteiger partial charge on any atom is 0.311 e. The highest BCUT2D eigenvalue weighted by Crippen LogP contribution is 2.29. The van der Waals surface area contributed by atoms with Gasteiger partial charge in [-0.3, -0.25) is 19.7 Å². The second kappa shape index (κ2) is 9.36. The van der Waals surface area contributed by atoms with E-state index in [0.29, 0.717) is 5.75 Å². The van der Waals surface area contributed by atoms with Crippen LogP contribution < -0.4 is 14.8 Å². The summed E-state index contributed by atoms with van der Waals surface area (Å²) in [6.07, 6.45) is -1.06. The van der Waals surface area contributed by atoms with Gasteiger partial charge < -0.3 is 19.5 Å². The molecule has 2 aromatic rings. The van der Waals surface area contributed by atoms with Crippen LogP contribution in [0, 0.1) is 10.1 Å². The Hall–Kier alpha value is -3.62.